The minimum atomic E-state index is 0.905. The summed E-state index contributed by atoms with van der Waals surface area (Å²) < 4.78 is 1.93. The Labute approximate surface area is 118 Å². The van der Waals surface area contributed by atoms with Gasteiger partial charge >= 0.3 is 0 Å². The number of rotatable bonds is 3. The summed E-state index contributed by atoms with van der Waals surface area (Å²) in [7, 11) is 3.92. The van der Waals surface area contributed by atoms with Gasteiger partial charge in [0.05, 0.1) is 11.4 Å². The van der Waals surface area contributed by atoms with Gasteiger partial charge in [-0.1, -0.05) is 6.92 Å². The fourth-order valence-corrected chi connectivity index (χ4v) is 2.68. The second kappa shape index (κ2) is 4.67. The van der Waals surface area contributed by atoms with Crippen LogP contribution in [0, 0.1) is 6.92 Å². The predicted octanol–water partition coefficient (Wildman–Crippen LogP) is 2.88. The van der Waals surface area contributed by atoms with E-state index >= 15 is 0 Å². The molecule has 5 nitrogen and oxygen atoms in total. The third-order valence-electron chi connectivity index (χ3n) is 3.76. The second-order valence-electron chi connectivity index (χ2n) is 4.99. The maximum atomic E-state index is 4.61. The Morgan fingerprint density at radius 1 is 1.40 bits per heavy atom. The number of aryl methyl sites for hydroxylation is 3. The number of anilines is 1. The fourth-order valence-electron chi connectivity index (χ4n) is 2.68. The number of fused-ring (bicyclic) bond motifs is 1. The molecule has 0 aliphatic carbocycles. The average molecular weight is 269 g/mol. The highest BCUT2D eigenvalue weighted by molar-refractivity contribution is 5.99. The van der Waals surface area contributed by atoms with Gasteiger partial charge in [-0.05, 0) is 25.0 Å². The van der Waals surface area contributed by atoms with Crippen LogP contribution in [0.4, 0.5) is 5.69 Å². The highest BCUT2D eigenvalue weighted by Crippen LogP contribution is 2.34. The molecule has 0 atom stereocenters. The molecule has 0 aliphatic heterocycles. The molecule has 0 saturated carbocycles. The van der Waals surface area contributed by atoms with Gasteiger partial charge in [0, 0.05) is 43.1 Å². The van der Waals surface area contributed by atoms with Crippen LogP contribution in [0.3, 0.4) is 0 Å². The lowest BCUT2D eigenvalue weighted by Crippen LogP contribution is -1.97. The van der Waals surface area contributed by atoms with Gasteiger partial charge in [-0.25, -0.2) is 4.98 Å². The topological polar surface area (TPSA) is 58.5 Å². The minimum Gasteiger partial charge on any atom is -0.387 e. The zero-order valence-corrected chi connectivity index (χ0v) is 12.3. The number of hydrogen-bond acceptors (Lipinski definition) is 3. The Morgan fingerprint density at radius 3 is 2.85 bits per heavy atom. The Bertz CT molecular complexity index is 766. The Morgan fingerprint density at radius 2 is 2.20 bits per heavy atom. The molecule has 0 aromatic carbocycles. The van der Waals surface area contributed by atoms with Crippen molar-refractivity contribution in [3.8, 4) is 11.3 Å². The van der Waals surface area contributed by atoms with Crippen LogP contribution in [0.5, 0.6) is 0 Å². The maximum Gasteiger partial charge on any atom is 0.139 e. The van der Waals surface area contributed by atoms with Gasteiger partial charge in [-0.3, -0.25) is 4.68 Å². The Kier molecular flexibility index (Phi) is 2.97. The van der Waals surface area contributed by atoms with E-state index in [1.165, 1.54) is 11.3 Å². The first-order valence-electron chi connectivity index (χ1n) is 6.83. The van der Waals surface area contributed by atoms with Gasteiger partial charge in [0.15, 0.2) is 0 Å². The quantitative estimate of drug-likeness (QED) is 0.768. The van der Waals surface area contributed by atoms with Gasteiger partial charge in [0.2, 0.25) is 0 Å². The molecular formula is C15H19N5. The molecule has 0 spiro atoms. The molecule has 0 bridgehead atoms. The first-order chi connectivity index (χ1) is 9.65. The molecule has 0 amide bonds. The van der Waals surface area contributed by atoms with Crippen LogP contribution in [0.2, 0.25) is 0 Å². The number of pyridine rings is 1. The van der Waals surface area contributed by atoms with Crippen molar-refractivity contribution in [1.29, 1.82) is 0 Å². The second-order valence-corrected chi connectivity index (χ2v) is 4.99. The zero-order chi connectivity index (χ0) is 14.3. The van der Waals surface area contributed by atoms with E-state index in [9.17, 15) is 0 Å². The van der Waals surface area contributed by atoms with Gasteiger partial charge in [0.1, 0.15) is 5.65 Å². The highest BCUT2D eigenvalue weighted by atomic mass is 15.3. The van der Waals surface area contributed by atoms with Crippen molar-refractivity contribution < 1.29 is 0 Å². The smallest absolute Gasteiger partial charge is 0.139 e. The van der Waals surface area contributed by atoms with E-state index in [1.807, 2.05) is 31.2 Å². The van der Waals surface area contributed by atoms with E-state index in [0.717, 1.165) is 34.4 Å². The first kappa shape index (κ1) is 12.7. The van der Waals surface area contributed by atoms with Crippen molar-refractivity contribution in [3.05, 3.63) is 29.7 Å². The Hall–Kier alpha value is -2.30. The van der Waals surface area contributed by atoms with E-state index in [2.05, 4.69) is 40.3 Å². The molecule has 0 unspecified atom stereocenters. The van der Waals surface area contributed by atoms with E-state index in [0.29, 0.717) is 0 Å². The van der Waals surface area contributed by atoms with Crippen molar-refractivity contribution in [2.24, 2.45) is 7.05 Å². The van der Waals surface area contributed by atoms with Crippen LogP contribution < -0.4 is 5.32 Å². The third kappa shape index (κ3) is 1.78. The minimum absolute atomic E-state index is 0.905. The molecule has 5 heteroatoms. The third-order valence-corrected chi connectivity index (χ3v) is 3.76. The predicted molar refractivity (Wildman–Crippen MR) is 82.0 cm³/mol. The number of aromatic nitrogens is 4. The fraction of sp³-hybridized carbons (Fsp3) is 0.333. The van der Waals surface area contributed by atoms with Crippen molar-refractivity contribution in [3.63, 3.8) is 0 Å². The number of aromatic amines is 1. The molecule has 20 heavy (non-hydrogen) atoms. The molecule has 2 N–H and O–H groups in total. The average Bonchev–Trinajstić information content (AvgIpc) is 3.01. The summed E-state index contributed by atoms with van der Waals surface area (Å²) in [4.78, 5) is 7.70. The van der Waals surface area contributed by atoms with Crippen LogP contribution in [0.15, 0.2) is 18.5 Å². The lowest BCUT2D eigenvalue weighted by molar-refractivity contribution is 0.720. The molecule has 0 aliphatic rings. The zero-order valence-electron chi connectivity index (χ0n) is 12.3. The maximum absolute atomic E-state index is 4.61. The summed E-state index contributed by atoms with van der Waals surface area (Å²) in [6, 6.07) is 2.13. The van der Waals surface area contributed by atoms with Crippen molar-refractivity contribution in [1.82, 2.24) is 19.7 Å². The normalized spacial score (nSPS) is 11.2. The van der Waals surface area contributed by atoms with Gasteiger partial charge in [0.25, 0.3) is 0 Å². The standard InChI is InChI=1S/C15H19N5/c1-5-10-6-12(19-20(10)4)11-8-18-15-13(14(11)16-3)9(2)7-17-15/h6-8H,5H2,1-4H3,(H2,16,17,18). The summed E-state index contributed by atoms with van der Waals surface area (Å²) in [6.07, 6.45) is 4.83. The molecule has 104 valence electrons. The summed E-state index contributed by atoms with van der Waals surface area (Å²) in [5.74, 6) is 0. The molecule has 3 rings (SSSR count). The van der Waals surface area contributed by atoms with E-state index in [1.54, 1.807) is 0 Å². The molecule has 0 saturated heterocycles. The monoisotopic (exact) mass is 269 g/mol. The van der Waals surface area contributed by atoms with Crippen molar-refractivity contribution >= 4 is 16.7 Å². The highest BCUT2D eigenvalue weighted by Gasteiger charge is 2.15. The summed E-state index contributed by atoms with van der Waals surface area (Å²) >= 11 is 0. The molecule has 3 heterocycles. The SMILES string of the molecule is CCc1cc(-c2cnc3[nH]cc(C)c3c2NC)nn1C. The van der Waals surface area contributed by atoms with Gasteiger partial charge in [-0.15, -0.1) is 0 Å². The number of H-pyrrole nitrogens is 1. The van der Waals surface area contributed by atoms with Gasteiger partial charge < -0.3 is 10.3 Å². The van der Waals surface area contributed by atoms with Crippen LogP contribution in [-0.2, 0) is 13.5 Å². The van der Waals surface area contributed by atoms with E-state index in [-0.39, 0.29) is 0 Å². The van der Waals surface area contributed by atoms with Crippen LogP contribution >= 0.6 is 0 Å². The first-order valence-corrected chi connectivity index (χ1v) is 6.83. The molecule has 0 radical (unpaired) electrons. The van der Waals surface area contributed by atoms with Crippen molar-refractivity contribution in [2.75, 3.05) is 12.4 Å². The lowest BCUT2D eigenvalue weighted by Gasteiger charge is -2.08. The molecular weight excluding hydrogens is 250 g/mol. The lowest BCUT2D eigenvalue weighted by atomic mass is 10.1. The Balaban J connectivity index is 2.27. The van der Waals surface area contributed by atoms with Crippen LogP contribution in [0.25, 0.3) is 22.3 Å². The van der Waals surface area contributed by atoms with Crippen LogP contribution in [-0.4, -0.2) is 26.8 Å². The largest absolute Gasteiger partial charge is 0.387 e. The van der Waals surface area contributed by atoms with Crippen molar-refractivity contribution in [2.45, 2.75) is 20.3 Å². The summed E-state index contributed by atoms with van der Waals surface area (Å²) in [5.41, 5.74) is 6.39. The van der Waals surface area contributed by atoms with E-state index in [4.69, 9.17) is 0 Å². The summed E-state index contributed by atoms with van der Waals surface area (Å²) in [5, 5.41) is 9.04. The van der Waals surface area contributed by atoms with E-state index < -0.39 is 0 Å². The molecule has 3 aromatic heterocycles. The summed E-state index contributed by atoms with van der Waals surface area (Å²) in [6.45, 7) is 4.22. The number of nitrogens with zero attached hydrogens (tertiary/aromatic N) is 3. The molecule has 0 fully saturated rings. The molecule has 3 aromatic rings. The van der Waals surface area contributed by atoms with Gasteiger partial charge in [-0.2, -0.15) is 5.10 Å². The van der Waals surface area contributed by atoms with Crippen LogP contribution in [0.1, 0.15) is 18.2 Å². The number of nitrogens with one attached hydrogen (secondary N) is 2. The number of hydrogen-bond donors (Lipinski definition) is 2.